The molecule has 3 rings (SSSR count). The average molecular weight is 395 g/mol. The maximum atomic E-state index is 12.5. The molecule has 0 fully saturated rings. The largest absolute Gasteiger partial charge is 0.495 e. The van der Waals surface area contributed by atoms with Crippen LogP contribution in [0.25, 0.3) is 0 Å². The maximum absolute atomic E-state index is 12.5. The Morgan fingerprint density at radius 3 is 2.43 bits per heavy atom. The molecule has 3 aromatic rings. The van der Waals surface area contributed by atoms with Crippen molar-refractivity contribution in [1.82, 2.24) is 5.32 Å². The fourth-order valence-corrected chi connectivity index (χ4v) is 3.24. The van der Waals surface area contributed by atoms with Crippen LogP contribution in [0.5, 0.6) is 5.75 Å². The molecule has 144 valence electrons. The lowest BCUT2D eigenvalue weighted by atomic mass is 10.1. The van der Waals surface area contributed by atoms with Gasteiger partial charge < -0.3 is 21.1 Å². The normalized spacial score (nSPS) is 10.4. The van der Waals surface area contributed by atoms with Gasteiger partial charge in [0.1, 0.15) is 5.75 Å². The second-order valence-electron chi connectivity index (χ2n) is 6.05. The van der Waals surface area contributed by atoms with Crippen molar-refractivity contribution in [2.75, 3.05) is 12.4 Å². The number of hydrogen-bond donors (Lipinski definition) is 3. The highest BCUT2D eigenvalue weighted by Gasteiger charge is 2.14. The van der Waals surface area contributed by atoms with Crippen molar-refractivity contribution in [2.24, 2.45) is 5.73 Å². The van der Waals surface area contributed by atoms with Gasteiger partial charge in [-0.1, -0.05) is 30.3 Å². The van der Waals surface area contributed by atoms with Crippen LogP contribution in [0.1, 0.15) is 31.2 Å². The third kappa shape index (κ3) is 4.76. The molecule has 2 amide bonds. The quantitative estimate of drug-likeness (QED) is 0.572. The summed E-state index contributed by atoms with van der Waals surface area (Å²) in [5.74, 6) is 0.00172. The second kappa shape index (κ2) is 9.16. The first kappa shape index (κ1) is 19.6. The Morgan fingerprint density at radius 2 is 1.79 bits per heavy atom. The molecular formula is C21H21N3O3S. The molecule has 1 heterocycles. The molecule has 0 spiro atoms. The zero-order valence-electron chi connectivity index (χ0n) is 15.4. The SMILES string of the molecule is COc1ccc(C(=O)NCc2ccc(CN)cc2)cc1NC(=O)c1cccs1. The van der Waals surface area contributed by atoms with Crippen LogP contribution in [0.3, 0.4) is 0 Å². The molecule has 4 N–H and O–H groups in total. The minimum absolute atomic E-state index is 0.239. The van der Waals surface area contributed by atoms with E-state index >= 15 is 0 Å². The highest BCUT2D eigenvalue weighted by atomic mass is 32.1. The lowest BCUT2D eigenvalue weighted by Crippen LogP contribution is -2.23. The molecule has 0 bridgehead atoms. The maximum Gasteiger partial charge on any atom is 0.265 e. The summed E-state index contributed by atoms with van der Waals surface area (Å²) in [5.41, 5.74) is 8.48. The van der Waals surface area contributed by atoms with Crippen LogP contribution >= 0.6 is 11.3 Å². The summed E-state index contributed by atoms with van der Waals surface area (Å²) in [4.78, 5) is 25.4. The van der Waals surface area contributed by atoms with Gasteiger partial charge in [0, 0.05) is 18.7 Å². The van der Waals surface area contributed by atoms with Gasteiger partial charge in [-0.15, -0.1) is 11.3 Å². The van der Waals surface area contributed by atoms with Gasteiger partial charge in [-0.3, -0.25) is 9.59 Å². The first-order chi connectivity index (χ1) is 13.6. The Kier molecular flexibility index (Phi) is 6.41. The molecule has 0 aliphatic heterocycles. The molecule has 0 saturated carbocycles. The Hall–Kier alpha value is -3.16. The third-order valence-electron chi connectivity index (χ3n) is 4.17. The first-order valence-corrected chi connectivity index (χ1v) is 9.57. The van der Waals surface area contributed by atoms with E-state index in [9.17, 15) is 9.59 Å². The van der Waals surface area contributed by atoms with E-state index in [0.29, 0.717) is 35.0 Å². The van der Waals surface area contributed by atoms with E-state index in [1.165, 1.54) is 18.4 Å². The van der Waals surface area contributed by atoms with Crippen molar-refractivity contribution >= 4 is 28.8 Å². The summed E-state index contributed by atoms with van der Waals surface area (Å²) >= 11 is 1.34. The van der Waals surface area contributed by atoms with Crippen LogP contribution in [0.4, 0.5) is 5.69 Å². The van der Waals surface area contributed by atoms with E-state index in [-0.39, 0.29) is 11.8 Å². The molecule has 0 unspecified atom stereocenters. The molecule has 0 aliphatic rings. The highest BCUT2D eigenvalue weighted by molar-refractivity contribution is 7.12. The number of amides is 2. The van der Waals surface area contributed by atoms with Gasteiger partial charge in [-0.05, 0) is 40.8 Å². The number of ether oxygens (including phenoxy) is 1. The fourth-order valence-electron chi connectivity index (χ4n) is 2.62. The number of carbonyl (C=O) groups is 2. The van der Waals surface area contributed by atoms with Gasteiger partial charge in [-0.2, -0.15) is 0 Å². The monoisotopic (exact) mass is 395 g/mol. The van der Waals surface area contributed by atoms with Crippen molar-refractivity contribution in [3.05, 3.63) is 81.5 Å². The van der Waals surface area contributed by atoms with E-state index in [1.54, 1.807) is 30.3 Å². The second-order valence-corrected chi connectivity index (χ2v) is 7.00. The summed E-state index contributed by atoms with van der Waals surface area (Å²) in [6.45, 7) is 0.880. The first-order valence-electron chi connectivity index (χ1n) is 8.69. The number of rotatable bonds is 7. The topological polar surface area (TPSA) is 93.4 Å². The number of benzene rings is 2. The molecule has 28 heavy (non-hydrogen) atoms. The highest BCUT2D eigenvalue weighted by Crippen LogP contribution is 2.26. The standard InChI is InChI=1S/C21H21N3O3S/c1-27-18-9-8-16(11-17(18)24-21(26)19-3-2-10-28-19)20(25)23-13-15-6-4-14(12-22)5-7-15/h2-11H,12-13,22H2,1H3,(H,23,25)(H,24,26). The van der Waals surface area contributed by atoms with Gasteiger partial charge in [0.25, 0.3) is 11.8 Å². The van der Waals surface area contributed by atoms with Crippen molar-refractivity contribution in [3.8, 4) is 5.75 Å². The summed E-state index contributed by atoms with van der Waals surface area (Å²) in [5, 5.41) is 7.51. The number of methoxy groups -OCH3 is 1. The Labute approximate surface area is 167 Å². The molecule has 7 heteroatoms. The summed E-state index contributed by atoms with van der Waals surface area (Å²) < 4.78 is 5.30. The number of hydrogen-bond acceptors (Lipinski definition) is 5. The molecule has 6 nitrogen and oxygen atoms in total. The molecule has 0 saturated heterocycles. The predicted molar refractivity (Wildman–Crippen MR) is 111 cm³/mol. The predicted octanol–water partition coefficient (Wildman–Crippen LogP) is 3.40. The minimum Gasteiger partial charge on any atom is -0.495 e. The van der Waals surface area contributed by atoms with Crippen LogP contribution < -0.4 is 21.1 Å². The van der Waals surface area contributed by atoms with E-state index < -0.39 is 0 Å². The smallest absolute Gasteiger partial charge is 0.265 e. The van der Waals surface area contributed by atoms with Crippen molar-refractivity contribution in [1.29, 1.82) is 0 Å². The van der Waals surface area contributed by atoms with E-state index in [1.807, 2.05) is 29.6 Å². The lowest BCUT2D eigenvalue weighted by Gasteiger charge is -2.12. The van der Waals surface area contributed by atoms with Gasteiger partial charge in [0.2, 0.25) is 0 Å². The number of anilines is 1. The van der Waals surface area contributed by atoms with Crippen molar-refractivity contribution in [3.63, 3.8) is 0 Å². The summed E-state index contributed by atoms with van der Waals surface area (Å²) in [6, 6.07) is 16.2. The van der Waals surface area contributed by atoms with Gasteiger partial charge >= 0.3 is 0 Å². The Bertz CT molecular complexity index is 954. The summed E-state index contributed by atoms with van der Waals surface area (Å²) in [6.07, 6.45) is 0. The van der Waals surface area contributed by atoms with Crippen LogP contribution in [0, 0.1) is 0 Å². The molecule has 0 radical (unpaired) electrons. The van der Waals surface area contributed by atoms with Crippen LogP contribution in [-0.4, -0.2) is 18.9 Å². The molecule has 1 aromatic heterocycles. The Morgan fingerprint density at radius 1 is 1.04 bits per heavy atom. The third-order valence-corrected chi connectivity index (χ3v) is 5.04. The molecule has 0 atom stereocenters. The number of nitrogens with two attached hydrogens (primary N) is 1. The summed E-state index contributed by atoms with van der Waals surface area (Å²) in [7, 11) is 1.51. The van der Waals surface area contributed by atoms with Crippen LogP contribution in [0.2, 0.25) is 0 Å². The average Bonchev–Trinajstić information content (AvgIpc) is 3.27. The number of thiophene rings is 1. The van der Waals surface area contributed by atoms with Crippen LogP contribution in [0.15, 0.2) is 60.0 Å². The molecule has 0 aliphatic carbocycles. The fraction of sp³-hybridized carbons (Fsp3) is 0.143. The number of carbonyl (C=O) groups excluding carboxylic acids is 2. The minimum atomic E-state index is -0.245. The Balaban J connectivity index is 1.70. The van der Waals surface area contributed by atoms with E-state index in [2.05, 4.69) is 10.6 Å². The lowest BCUT2D eigenvalue weighted by molar-refractivity contribution is 0.0949. The zero-order chi connectivity index (χ0) is 19.9. The van der Waals surface area contributed by atoms with Crippen molar-refractivity contribution < 1.29 is 14.3 Å². The van der Waals surface area contributed by atoms with Gasteiger partial charge in [0.05, 0.1) is 17.7 Å². The molecular weight excluding hydrogens is 374 g/mol. The van der Waals surface area contributed by atoms with Gasteiger partial charge in [-0.25, -0.2) is 0 Å². The zero-order valence-corrected chi connectivity index (χ0v) is 16.2. The van der Waals surface area contributed by atoms with Crippen LogP contribution in [-0.2, 0) is 13.1 Å². The van der Waals surface area contributed by atoms with E-state index in [0.717, 1.165) is 11.1 Å². The molecule has 2 aromatic carbocycles. The van der Waals surface area contributed by atoms with E-state index in [4.69, 9.17) is 10.5 Å². The number of nitrogens with one attached hydrogen (secondary N) is 2. The van der Waals surface area contributed by atoms with Gasteiger partial charge in [0.15, 0.2) is 0 Å². The van der Waals surface area contributed by atoms with Crippen molar-refractivity contribution in [2.45, 2.75) is 13.1 Å².